The number of hydrogen-bond acceptors (Lipinski definition) is 3. The van der Waals surface area contributed by atoms with Gasteiger partial charge in [0.25, 0.3) is 0 Å². The first-order valence-corrected chi connectivity index (χ1v) is 6.64. The quantitative estimate of drug-likeness (QED) is 0.602. The van der Waals surface area contributed by atoms with Crippen LogP contribution in [-0.2, 0) is 4.79 Å². The van der Waals surface area contributed by atoms with Gasteiger partial charge in [-0.3, -0.25) is 4.79 Å². The largest absolute Gasteiger partial charge is 0.368 e. The zero-order valence-corrected chi connectivity index (χ0v) is 11.8. The summed E-state index contributed by atoms with van der Waals surface area (Å²) in [5.74, 6) is -0.411. The number of carbonyl (C=O) groups is 1. The number of hydrogen-bond donors (Lipinski definition) is 2. The van der Waals surface area contributed by atoms with Crippen LogP contribution in [0.3, 0.4) is 0 Å². The lowest BCUT2D eigenvalue weighted by Crippen LogP contribution is -2.49. The molecule has 0 aliphatic carbocycles. The van der Waals surface area contributed by atoms with Crippen molar-refractivity contribution in [1.82, 2.24) is 4.90 Å². The minimum absolute atomic E-state index is 0.411. The number of nitrogens with two attached hydrogens (primary N) is 2. The highest BCUT2D eigenvalue weighted by Gasteiger charge is 2.24. The van der Waals surface area contributed by atoms with Crippen molar-refractivity contribution in [3.8, 4) is 0 Å². The summed E-state index contributed by atoms with van der Waals surface area (Å²) < 4.78 is 0. The topological polar surface area (TPSA) is 72.3 Å². The number of amides is 1. The third-order valence-electron chi connectivity index (χ3n) is 3.59. The van der Waals surface area contributed by atoms with Crippen LogP contribution in [0.5, 0.6) is 0 Å². The van der Waals surface area contributed by atoms with Crippen LogP contribution >= 0.6 is 0 Å². The fraction of sp³-hybridized carbons (Fsp3) is 0.923. The maximum Gasteiger partial charge on any atom is 0.237 e. The Kier molecular flexibility index (Phi) is 7.39. The molecule has 4 heteroatoms. The molecule has 0 aromatic rings. The molecule has 0 spiro atoms. The van der Waals surface area contributed by atoms with E-state index in [1.54, 1.807) is 6.92 Å². The minimum Gasteiger partial charge on any atom is -0.368 e. The predicted octanol–water partition coefficient (Wildman–Crippen LogP) is 1.48. The van der Waals surface area contributed by atoms with Crippen LogP contribution in [0.25, 0.3) is 0 Å². The smallest absolute Gasteiger partial charge is 0.237 e. The van der Waals surface area contributed by atoms with E-state index in [0.29, 0.717) is 12.5 Å². The van der Waals surface area contributed by atoms with Crippen molar-refractivity contribution in [2.75, 3.05) is 13.6 Å². The van der Waals surface area contributed by atoms with Crippen molar-refractivity contribution in [3.05, 3.63) is 0 Å². The second-order valence-corrected chi connectivity index (χ2v) is 5.19. The summed E-state index contributed by atoms with van der Waals surface area (Å²) in [5.41, 5.74) is 10.2. The van der Waals surface area contributed by atoms with Crippen LogP contribution in [0.1, 0.15) is 52.9 Å². The van der Waals surface area contributed by atoms with Gasteiger partial charge in [-0.05, 0) is 52.6 Å². The maximum atomic E-state index is 11.0. The number of primary amides is 1. The molecule has 102 valence electrons. The highest BCUT2D eigenvalue weighted by Crippen LogP contribution is 2.12. The normalized spacial score (nSPS) is 15.2. The maximum absolute atomic E-state index is 11.0. The third-order valence-corrected chi connectivity index (χ3v) is 3.59. The van der Waals surface area contributed by atoms with Crippen LogP contribution in [0.2, 0.25) is 0 Å². The van der Waals surface area contributed by atoms with E-state index in [0.717, 1.165) is 19.4 Å². The van der Waals surface area contributed by atoms with E-state index in [2.05, 4.69) is 25.8 Å². The Morgan fingerprint density at radius 3 is 2.24 bits per heavy atom. The first-order chi connectivity index (χ1) is 7.85. The Hall–Kier alpha value is -0.610. The van der Waals surface area contributed by atoms with E-state index in [1.807, 2.05) is 0 Å². The summed E-state index contributed by atoms with van der Waals surface area (Å²) in [4.78, 5) is 13.4. The van der Waals surface area contributed by atoms with E-state index in [4.69, 9.17) is 11.5 Å². The molecule has 0 fully saturated rings. The summed E-state index contributed by atoms with van der Waals surface area (Å²) in [6, 6.07) is 0.662. The van der Waals surface area contributed by atoms with Crippen molar-refractivity contribution < 1.29 is 4.79 Å². The van der Waals surface area contributed by atoms with Gasteiger partial charge in [0.2, 0.25) is 5.91 Å². The summed E-state index contributed by atoms with van der Waals surface area (Å²) in [6.45, 7) is 7.20. The molecule has 0 heterocycles. The molecule has 1 unspecified atom stereocenters. The van der Waals surface area contributed by atoms with Crippen LogP contribution < -0.4 is 11.5 Å². The average Bonchev–Trinajstić information content (AvgIpc) is 2.26. The van der Waals surface area contributed by atoms with Crippen molar-refractivity contribution in [1.29, 1.82) is 0 Å². The predicted molar refractivity (Wildman–Crippen MR) is 72.6 cm³/mol. The molecule has 0 aromatic heterocycles. The summed E-state index contributed by atoms with van der Waals surface area (Å²) in [6.07, 6.45) is 5.04. The van der Waals surface area contributed by atoms with Crippen molar-refractivity contribution in [2.45, 2.75) is 64.5 Å². The zero-order chi connectivity index (χ0) is 13.5. The standard InChI is InChI=1S/C13H29N3O/c1-5-11(6-2)16(4)10-8-7-9-13(3,15)12(14)17/h11H,5-10,15H2,1-4H3,(H2,14,17). The van der Waals surface area contributed by atoms with Gasteiger partial charge in [-0.25, -0.2) is 0 Å². The molecular weight excluding hydrogens is 214 g/mol. The van der Waals surface area contributed by atoms with Crippen LogP contribution in [0.15, 0.2) is 0 Å². The lowest BCUT2D eigenvalue weighted by Gasteiger charge is -2.26. The van der Waals surface area contributed by atoms with Gasteiger partial charge < -0.3 is 16.4 Å². The Morgan fingerprint density at radius 2 is 1.82 bits per heavy atom. The van der Waals surface area contributed by atoms with Crippen molar-refractivity contribution in [2.24, 2.45) is 11.5 Å². The molecule has 1 atom stereocenters. The Labute approximate surface area is 106 Å². The Morgan fingerprint density at radius 1 is 1.29 bits per heavy atom. The molecule has 0 aliphatic rings. The van der Waals surface area contributed by atoms with E-state index in [-0.39, 0.29) is 0 Å². The van der Waals surface area contributed by atoms with Gasteiger partial charge in [-0.1, -0.05) is 13.8 Å². The Bertz CT molecular complexity index is 225. The second-order valence-electron chi connectivity index (χ2n) is 5.19. The molecule has 0 rings (SSSR count). The van der Waals surface area contributed by atoms with Gasteiger partial charge in [0.1, 0.15) is 0 Å². The second kappa shape index (κ2) is 7.67. The lowest BCUT2D eigenvalue weighted by atomic mass is 9.95. The zero-order valence-electron chi connectivity index (χ0n) is 11.8. The molecule has 4 N–H and O–H groups in total. The summed E-state index contributed by atoms with van der Waals surface area (Å²) in [5, 5.41) is 0. The first kappa shape index (κ1) is 16.4. The van der Waals surface area contributed by atoms with Gasteiger partial charge in [0.15, 0.2) is 0 Å². The molecule has 0 aliphatic heterocycles. The SMILES string of the molecule is CCC(CC)N(C)CCCCC(C)(N)C(N)=O. The molecule has 0 aromatic carbocycles. The molecule has 4 nitrogen and oxygen atoms in total. The number of unbranched alkanes of at least 4 members (excludes halogenated alkanes) is 1. The molecule has 0 radical (unpaired) electrons. The molecule has 0 saturated heterocycles. The number of nitrogens with zero attached hydrogens (tertiary/aromatic N) is 1. The van der Waals surface area contributed by atoms with E-state index in [9.17, 15) is 4.79 Å². The van der Waals surface area contributed by atoms with Gasteiger partial charge in [-0.2, -0.15) is 0 Å². The Balaban J connectivity index is 3.81. The third kappa shape index (κ3) is 6.03. The monoisotopic (exact) mass is 243 g/mol. The van der Waals surface area contributed by atoms with Gasteiger partial charge in [-0.15, -0.1) is 0 Å². The highest BCUT2D eigenvalue weighted by atomic mass is 16.1. The molecular formula is C13H29N3O. The van der Waals surface area contributed by atoms with Gasteiger partial charge >= 0.3 is 0 Å². The number of carbonyl (C=O) groups excluding carboxylic acids is 1. The number of rotatable bonds is 9. The molecule has 17 heavy (non-hydrogen) atoms. The van der Waals surface area contributed by atoms with Gasteiger partial charge in [0.05, 0.1) is 5.54 Å². The van der Waals surface area contributed by atoms with E-state index >= 15 is 0 Å². The lowest BCUT2D eigenvalue weighted by molar-refractivity contribution is -0.122. The van der Waals surface area contributed by atoms with Crippen LogP contribution in [0, 0.1) is 0 Å². The van der Waals surface area contributed by atoms with E-state index in [1.165, 1.54) is 12.8 Å². The minimum atomic E-state index is -0.854. The fourth-order valence-corrected chi connectivity index (χ4v) is 2.07. The van der Waals surface area contributed by atoms with E-state index < -0.39 is 11.4 Å². The van der Waals surface area contributed by atoms with Gasteiger partial charge in [0, 0.05) is 6.04 Å². The van der Waals surface area contributed by atoms with Crippen molar-refractivity contribution >= 4 is 5.91 Å². The van der Waals surface area contributed by atoms with Crippen LogP contribution in [0.4, 0.5) is 0 Å². The highest BCUT2D eigenvalue weighted by molar-refractivity contribution is 5.83. The van der Waals surface area contributed by atoms with Crippen LogP contribution in [-0.4, -0.2) is 36.0 Å². The fourth-order valence-electron chi connectivity index (χ4n) is 2.07. The average molecular weight is 243 g/mol. The molecule has 1 amide bonds. The summed E-state index contributed by atoms with van der Waals surface area (Å²) in [7, 11) is 2.16. The molecule has 0 saturated carbocycles. The van der Waals surface area contributed by atoms with Crippen molar-refractivity contribution in [3.63, 3.8) is 0 Å². The summed E-state index contributed by atoms with van der Waals surface area (Å²) >= 11 is 0. The first-order valence-electron chi connectivity index (χ1n) is 6.64. The molecule has 0 bridgehead atoms.